The highest BCUT2D eigenvalue weighted by Crippen LogP contribution is 2.16. The molecule has 5 nitrogen and oxygen atoms in total. The number of nitrogens with zero attached hydrogens (tertiary/aromatic N) is 1. The van der Waals surface area contributed by atoms with E-state index in [1.165, 1.54) is 12.8 Å². The number of hydrazone groups is 1. The van der Waals surface area contributed by atoms with Gasteiger partial charge in [0.05, 0.1) is 12.8 Å². The largest absolute Gasteiger partial charge is 0.494 e. The van der Waals surface area contributed by atoms with E-state index >= 15 is 0 Å². The van der Waals surface area contributed by atoms with E-state index in [1.54, 1.807) is 18.3 Å². The number of ether oxygens (including phenoxy) is 2. The Morgan fingerprint density at radius 3 is 2.38 bits per heavy atom. The molecule has 6 heteroatoms. The van der Waals surface area contributed by atoms with Crippen LogP contribution >= 0.6 is 15.9 Å². The molecule has 26 heavy (non-hydrogen) atoms. The summed E-state index contributed by atoms with van der Waals surface area (Å²) in [6.45, 7) is 2.80. The number of rotatable bonds is 10. The van der Waals surface area contributed by atoms with Gasteiger partial charge in [-0.05, 0) is 60.5 Å². The summed E-state index contributed by atoms with van der Waals surface area (Å²) in [5.74, 6) is 1.15. The van der Waals surface area contributed by atoms with Crippen molar-refractivity contribution in [2.24, 2.45) is 5.10 Å². The Labute approximate surface area is 162 Å². The van der Waals surface area contributed by atoms with E-state index < -0.39 is 0 Å². The molecule has 2 aromatic carbocycles. The lowest BCUT2D eigenvalue weighted by atomic mass is 10.2. The summed E-state index contributed by atoms with van der Waals surface area (Å²) in [6.07, 6.45) is 5.00. The van der Waals surface area contributed by atoms with Crippen LogP contribution in [-0.2, 0) is 4.79 Å². The summed E-state index contributed by atoms with van der Waals surface area (Å²) in [5, 5.41) is 3.93. The van der Waals surface area contributed by atoms with E-state index in [0.717, 1.165) is 28.8 Å². The van der Waals surface area contributed by atoms with E-state index in [0.29, 0.717) is 5.75 Å². The molecular weight excluding hydrogens is 396 g/mol. The first-order chi connectivity index (χ1) is 12.7. The molecule has 0 fully saturated rings. The number of hydrogen-bond donors (Lipinski definition) is 1. The second-order valence-electron chi connectivity index (χ2n) is 5.66. The second kappa shape index (κ2) is 11.3. The SMILES string of the molecule is CCCCCOc1ccc(/C=N\NC(=O)COc2ccc(Br)cc2)cc1. The third-order valence-corrected chi connectivity index (χ3v) is 4.01. The Balaban J connectivity index is 1.70. The van der Waals surface area contributed by atoms with Gasteiger partial charge in [-0.3, -0.25) is 4.79 Å². The smallest absolute Gasteiger partial charge is 0.277 e. The molecule has 0 heterocycles. The van der Waals surface area contributed by atoms with Gasteiger partial charge in [-0.1, -0.05) is 35.7 Å². The molecule has 0 aliphatic rings. The van der Waals surface area contributed by atoms with Crippen LogP contribution in [0.3, 0.4) is 0 Å². The molecule has 138 valence electrons. The summed E-state index contributed by atoms with van der Waals surface area (Å²) in [6, 6.07) is 14.8. The van der Waals surface area contributed by atoms with Crippen molar-refractivity contribution in [2.75, 3.05) is 13.2 Å². The predicted octanol–water partition coefficient (Wildman–Crippen LogP) is 4.55. The summed E-state index contributed by atoms with van der Waals surface area (Å²) >= 11 is 3.34. The number of amides is 1. The molecule has 2 aromatic rings. The molecule has 0 bridgehead atoms. The van der Waals surface area contributed by atoms with Crippen molar-refractivity contribution in [1.82, 2.24) is 5.43 Å². The zero-order valence-corrected chi connectivity index (χ0v) is 16.4. The summed E-state index contributed by atoms with van der Waals surface area (Å²) < 4.78 is 12.0. The quantitative estimate of drug-likeness (QED) is 0.349. The highest BCUT2D eigenvalue weighted by molar-refractivity contribution is 9.10. The maximum Gasteiger partial charge on any atom is 0.277 e. The van der Waals surface area contributed by atoms with Crippen LogP contribution in [-0.4, -0.2) is 25.3 Å². The van der Waals surface area contributed by atoms with Crippen LogP contribution in [0.2, 0.25) is 0 Å². The van der Waals surface area contributed by atoms with Gasteiger partial charge in [-0.25, -0.2) is 5.43 Å². The van der Waals surface area contributed by atoms with Crippen LogP contribution in [0.4, 0.5) is 0 Å². The van der Waals surface area contributed by atoms with Gasteiger partial charge in [0.1, 0.15) is 11.5 Å². The van der Waals surface area contributed by atoms with Crippen molar-refractivity contribution in [3.8, 4) is 11.5 Å². The molecule has 1 amide bonds. The maximum absolute atomic E-state index is 11.7. The Morgan fingerprint density at radius 2 is 1.69 bits per heavy atom. The van der Waals surface area contributed by atoms with Gasteiger partial charge in [0.25, 0.3) is 5.91 Å². The van der Waals surface area contributed by atoms with E-state index in [4.69, 9.17) is 9.47 Å². The van der Waals surface area contributed by atoms with Gasteiger partial charge in [0.15, 0.2) is 6.61 Å². The third-order valence-electron chi connectivity index (χ3n) is 3.48. The van der Waals surface area contributed by atoms with Crippen LogP contribution in [0.15, 0.2) is 58.1 Å². The number of carbonyl (C=O) groups excluding carboxylic acids is 1. The number of carbonyl (C=O) groups is 1. The molecular formula is C20H23BrN2O3. The minimum atomic E-state index is -0.319. The molecule has 1 N–H and O–H groups in total. The van der Waals surface area contributed by atoms with Gasteiger partial charge in [0.2, 0.25) is 0 Å². The average Bonchev–Trinajstić information content (AvgIpc) is 2.66. The Kier molecular flexibility index (Phi) is 8.69. The highest BCUT2D eigenvalue weighted by Gasteiger charge is 2.01. The monoisotopic (exact) mass is 418 g/mol. The Hall–Kier alpha value is -2.34. The predicted molar refractivity (Wildman–Crippen MR) is 107 cm³/mol. The highest BCUT2D eigenvalue weighted by atomic mass is 79.9. The Bertz CT molecular complexity index is 700. The van der Waals surface area contributed by atoms with Gasteiger partial charge < -0.3 is 9.47 Å². The van der Waals surface area contributed by atoms with Crippen molar-refractivity contribution in [1.29, 1.82) is 0 Å². The molecule has 0 aromatic heterocycles. The van der Waals surface area contributed by atoms with Gasteiger partial charge in [0, 0.05) is 4.47 Å². The fourth-order valence-corrected chi connectivity index (χ4v) is 2.35. The molecule has 0 aliphatic heterocycles. The third kappa shape index (κ3) is 7.70. The first-order valence-electron chi connectivity index (χ1n) is 8.60. The fourth-order valence-electron chi connectivity index (χ4n) is 2.08. The number of nitrogens with one attached hydrogen (secondary N) is 1. The standard InChI is InChI=1S/C20H23BrN2O3/c1-2-3-4-13-25-18-9-5-16(6-10-18)14-22-23-20(24)15-26-19-11-7-17(21)8-12-19/h5-12,14H,2-4,13,15H2,1H3,(H,23,24)/b22-14-. The molecule has 0 saturated carbocycles. The normalized spacial score (nSPS) is 10.7. The summed E-state index contributed by atoms with van der Waals surface area (Å²) in [5.41, 5.74) is 3.32. The number of benzene rings is 2. The molecule has 0 unspecified atom stereocenters. The maximum atomic E-state index is 11.7. The fraction of sp³-hybridized carbons (Fsp3) is 0.300. The van der Waals surface area contributed by atoms with Crippen LogP contribution in [0, 0.1) is 0 Å². The molecule has 0 spiro atoms. The van der Waals surface area contributed by atoms with Crippen molar-refractivity contribution in [3.63, 3.8) is 0 Å². The Morgan fingerprint density at radius 1 is 1.04 bits per heavy atom. The van der Waals surface area contributed by atoms with Gasteiger partial charge >= 0.3 is 0 Å². The topological polar surface area (TPSA) is 59.9 Å². The van der Waals surface area contributed by atoms with E-state index in [2.05, 4.69) is 33.4 Å². The van der Waals surface area contributed by atoms with Crippen LogP contribution in [0.5, 0.6) is 11.5 Å². The van der Waals surface area contributed by atoms with E-state index in [9.17, 15) is 4.79 Å². The minimum Gasteiger partial charge on any atom is -0.494 e. The van der Waals surface area contributed by atoms with Crippen LogP contribution in [0.1, 0.15) is 31.7 Å². The second-order valence-corrected chi connectivity index (χ2v) is 6.58. The molecule has 0 saturated heterocycles. The van der Waals surface area contributed by atoms with Crippen molar-refractivity contribution in [3.05, 3.63) is 58.6 Å². The molecule has 0 radical (unpaired) electrons. The molecule has 2 rings (SSSR count). The van der Waals surface area contributed by atoms with Crippen molar-refractivity contribution in [2.45, 2.75) is 26.2 Å². The van der Waals surface area contributed by atoms with Crippen molar-refractivity contribution < 1.29 is 14.3 Å². The molecule has 0 atom stereocenters. The average molecular weight is 419 g/mol. The van der Waals surface area contributed by atoms with E-state index in [-0.39, 0.29) is 12.5 Å². The number of hydrogen-bond acceptors (Lipinski definition) is 4. The van der Waals surface area contributed by atoms with Crippen molar-refractivity contribution >= 4 is 28.1 Å². The summed E-state index contributed by atoms with van der Waals surface area (Å²) in [4.78, 5) is 11.7. The lowest BCUT2D eigenvalue weighted by molar-refractivity contribution is -0.123. The van der Waals surface area contributed by atoms with E-state index in [1.807, 2.05) is 36.4 Å². The first-order valence-corrected chi connectivity index (χ1v) is 9.40. The molecule has 0 aliphatic carbocycles. The lowest BCUT2D eigenvalue weighted by Crippen LogP contribution is -2.24. The minimum absolute atomic E-state index is 0.0937. The number of unbranched alkanes of at least 4 members (excludes halogenated alkanes) is 2. The number of halogens is 1. The zero-order valence-electron chi connectivity index (χ0n) is 14.8. The zero-order chi connectivity index (χ0) is 18.6. The lowest BCUT2D eigenvalue weighted by Gasteiger charge is -2.06. The first kappa shape index (κ1) is 20.0. The van der Waals surface area contributed by atoms with Gasteiger partial charge in [-0.15, -0.1) is 0 Å². The van der Waals surface area contributed by atoms with Crippen LogP contribution < -0.4 is 14.9 Å². The van der Waals surface area contributed by atoms with Crippen LogP contribution in [0.25, 0.3) is 0 Å². The summed E-state index contributed by atoms with van der Waals surface area (Å²) in [7, 11) is 0. The van der Waals surface area contributed by atoms with Gasteiger partial charge in [-0.2, -0.15) is 5.10 Å².